The van der Waals surface area contributed by atoms with Gasteiger partial charge in [0.15, 0.2) is 0 Å². The van der Waals surface area contributed by atoms with Gasteiger partial charge in [0, 0.05) is 44.7 Å². The van der Waals surface area contributed by atoms with Crippen molar-refractivity contribution in [2.24, 2.45) is 7.05 Å². The summed E-state index contributed by atoms with van der Waals surface area (Å²) in [7, 11) is 1.91. The summed E-state index contributed by atoms with van der Waals surface area (Å²) >= 11 is 0. The maximum atomic E-state index is 13.2. The molecule has 3 aromatic rings. The predicted molar refractivity (Wildman–Crippen MR) is 110 cm³/mol. The molecule has 2 aliphatic rings. The van der Waals surface area contributed by atoms with Gasteiger partial charge in [-0.1, -0.05) is 18.2 Å². The van der Waals surface area contributed by atoms with Crippen LogP contribution in [0.5, 0.6) is 0 Å². The molecule has 0 amide bonds. The Morgan fingerprint density at radius 3 is 2.66 bits per heavy atom. The highest BCUT2D eigenvalue weighted by Gasteiger charge is 2.29. The van der Waals surface area contributed by atoms with Crippen LogP contribution in [0.4, 0.5) is 0 Å². The van der Waals surface area contributed by atoms with Gasteiger partial charge in [0.05, 0.1) is 22.5 Å². The van der Waals surface area contributed by atoms with Crippen LogP contribution < -0.4 is 11.1 Å². The summed E-state index contributed by atoms with van der Waals surface area (Å²) in [6, 6.07) is 9.67. The number of aromatic amines is 1. The lowest BCUT2D eigenvalue weighted by atomic mass is 10.1. The number of fused-ring (bicyclic) bond motifs is 1. The van der Waals surface area contributed by atoms with Gasteiger partial charge in [0.25, 0.3) is 11.1 Å². The third kappa shape index (κ3) is 3.15. The zero-order valence-electron chi connectivity index (χ0n) is 16.8. The summed E-state index contributed by atoms with van der Waals surface area (Å²) in [6.07, 6.45) is 2.99. The summed E-state index contributed by atoms with van der Waals surface area (Å²) in [6.45, 7) is 3.83. The van der Waals surface area contributed by atoms with Crippen molar-refractivity contribution < 1.29 is 0 Å². The number of H-pyrrole nitrogens is 1. The maximum absolute atomic E-state index is 13.2. The normalized spacial score (nSPS) is 16.8. The standard InChI is InChI=1S/C22H25N5O2/c1-14-17(22(29)27(25(14)2)16-6-4-3-5-7-16)12-26-11-10-19-18(13-26)21(28)24-20(23-19)15-8-9-15/h3-7,15H,8-13H2,1-2H3,(H,23,24,28). The molecule has 150 valence electrons. The minimum absolute atomic E-state index is 0.00175. The van der Waals surface area contributed by atoms with Gasteiger partial charge >= 0.3 is 0 Å². The average Bonchev–Trinajstić information content (AvgIpc) is 3.55. The summed E-state index contributed by atoms with van der Waals surface area (Å²) in [4.78, 5) is 35.6. The van der Waals surface area contributed by atoms with Gasteiger partial charge in [-0.05, 0) is 31.9 Å². The Bertz CT molecular complexity index is 1180. The van der Waals surface area contributed by atoms with Crippen LogP contribution >= 0.6 is 0 Å². The van der Waals surface area contributed by atoms with Crippen molar-refractivity contribution in [3.8, 4) is 5.69 Å². The lowest BCUT2D eigenvalue weighted by Gasteiger charge is -2.27. The molecule has 7 heteroatoms. The Labute approximate surface area is 168 Å². The number of benzene rings is 1. The number of para-hydroxylation sites is 1. The Balaban J connectivity index is 1.44. The molecule has 0 atom stereocenters. The zero-order chi connectivity index (χ0) is 20.1. The van der Waals surface area contributed by atoms with Crippen LogP contribution in [0.15, 0.2) is 39.9 Å². The van der Waals surface area contributed by atoms with Crippen molar-refractivity contribution in [1.29, 1.82) is 0 Å². The van der Waals surface area contributed by atoms with Gasteiger partial charge in [-0.3, -0.25) is 19.2 Å². The van der Waals surface area contributed by atoms with E-state index < -0.39 is 0 Å². The molecule has 1 aliphatic heterocycles. The number of nitrogens with one attached hydrogen (secondary N) is 1. The Morgan fingerprint density at radius 2 is 1.93 bits per heavy atom. The fraction of sp³-hybridized carbons (Fsp3) is 0.409. The molecular formula is C22H25N5O2. The van der Waals surface area contributed by atoms with Crippen LogP contribution in [0.25, 0.3) is 5.69 Å². The summed E-state index contributed by atoms with van der Waals surface area (Å²) in [5, 5.41) is 0. The molecule has 0 unspecified atom stereocenters. The fourth-order valence-corrected chi connectivity index (χ4v) is 4.21. The average molecular weight is 391 g/mol. The quantitative estimate of drug-likeness (QED) is 0.738. The number of nitrogens with zero attached hydrogens (tertiary/aromatic N) is 4. The van der Waals surface area contributed by atoms with Crippen molar-refractivity contribution in [1.82, 2.24) is 24.2 Å². The second-order valence-electron chi connectivity index (χ2n) is 8.15. The highest BCUT2D eigenvalue weighted by atomic mass is 16.1. The topological polar surface area (TPSA) is 75.9 Å². The molecule has 2 aromatic heterocycles. The SMILES string of the molecule is Cc1c(CN2CCc3nc(C4CC4)[nH]c(=O)c3C2)c(=O)n(-c2ccccc2)n1C. The van der Waals surface area contributed by atoms with E-state index in [1.807, 2.05) is 49.0 Å². The lowest BCUT2D eigenvalue weighted by Crippen LogP contribution is -2.37. The van der Waals surface area contributed by atoms with Crippen molar-refractivity contribution in [2.75, 3.05) is 6.54 Å². The van der Waals surface area contributed by atoms with E-state index in [4.69, 9.17) is 4.98 Å². The van der Waals surface area contributed by atoms with Crippen LogP contribution in [0.3, 0.4) is 0 Å². The van der Waals surface area contributed by atoms with Crippen LogP contribution in [-0.4, -0.2) is 30.8 Å². The number of rotatable bonds is 4. The number of aromatic nitrogens is 4. The fourth-order valence-electron chi connectivity index (χ4n) is 4.21. The first-order valence-corrected chi connectivity index (χ1v) is 10.2. The van der Waals surface area contributed by atoms with Gasteiger partial charge in [-0.25, -0.2) is 9.67 Å². The van der Waals surface area contributed by atoms with E-state index in [-0.39, 0.29) is 11.1 Å². The maximum Gasteiger partial charge on any atom is 0.276 e. The van der Waals surface area contributed by atoms with E-state index >= 15 is 0 Å². The molecule has 3 heterocycles. The smallest absolute Gasteiger partial charge is 0.276 e. The van der Waals surface area contributed by atoms with Gasteiger partial charge in [0.2, 0.25) is 0 Å². The van der Waals surface area contributed by atoms with Crippen LogP contribution in [-0.2, 0) is 26.6 Å². The molecule has 0 saturated heterocycles. The Morgan fingerprint density at radius 1 is 1.17 bits per heavy atom. The molecule has 7 nitrogen and oxygen atoms in total. The largest absolute Gasteiger partial charge is 0.310 e. The molecule has 0 bridgehead atoms. The van der Waals surface area contributed by atoms with Crippen LogP contribution in [0, 0.1) is 6.92 Å². The summed E-state index contributed by atoms with van der Waals surface area (Å²) in [5.41, 5.74) is 4.23. The molecular weight excluding hydrogens is 366 g/mol. The third-order valence-electron chi connectivity index (χ3n) is 6.19. The van der Waals surface area contributed by atoms with Crippen molar-refractivity contribution in [3.05, 3.63) is 79.4 Å². The van der Waals surface area contributed by atoms with E-state index in [2.05, 4.69) is 9.88 Å². The highest BCUT2D eigenvalue weighted by molar-refractivity contribution is 5.33. The first kappa shape index (κ1) is 18.1. The van der Waals surface area contributed by atoms with Gasteiger partial charge in [0.1, 0.15) is 5.82 Å². The van der Waals surface area contributed by atoms with E-state index in [0.29, 0.717) is 19.0 Å². The molecule has 1 N–H and O–H groups in total. The summed E-state index contributed by atoms with van der Waals surface area (Å²) in [5.74, 6) is 1.29. The van der Waals surface area contributed by atoms with E-state index in [1.165, 1.54) is 0 Å². The monoisotopic (exact) mass is 391 g/mol. The second kappa shape index (κ2) is 6.84. The van der Waals surface area contributed by atoms with Crippen molar-refractivity contribution >= 4 is 0 Å². The van der Waals surface area contributed by atoms with Crippen molar-refractivity contribution in [3.63, 3.8) is 0 Å². The first-order valence-electron chi connectivity index (χ1n) is 10.2. The molecule has 0 radical (unpaired) electrons. The molecule has 1 aromatic carbocycles. The third-order valence-corrected chi connectivity index (χ3v) is 6.19. The molecule has 0 spiro atoms. The molecule has 1 aliphatic carbocycles. The second-order valence-corrected chi connectivity index (χ2v) is 8.15. The highest BCUT2D eigenvalue weighted by Crippen LogP contribution is 2.37. The lowest BCUT2D eigenvalue weighted by molar-refractivity contribution is 0.240. The molecule has 5 rings (SSSR count). The minimum atomic E-state index is -0.0203. The van der Waals surface area contributed by atoms with Gasteiger partial charge < -0.3 is 4.98 Å². The predicted octanol–water partition coefficient (Wildman–Crippen LogP) is 2.00. The summed E-state index contributed by atoms with van der Waals surface area (Å²) < 4.78 is 3.61. The van der Waals surface area contributed by atoms with Crippen molar-refractivity contribution in [2.45, 2.75) is 45.2 Å². The number of hydrogen-bond donors (Lipinski definition) is 1. The van der Waals surface area contributed by atoms with Gasteiger partial charge in [-0.15, -0.1) is 0 Å². The first-order chi connectivity index (χ1) is 14.0. The van der Waals surface area contributed by atoms with Gasteiger partial charge in [-0.2, -0.15) is 0 Å². The van der Waals surface area contributed by atoms with E-state index in [1.54, 1.807) is 4.68 Å². The van der Waals surface area contributed by atoms with E-state index in [9.17, 15) is 9.59 Å². The number of hydrogen-bond acceptors (Lipinski definition) is 4. The zero-order valence-corrected chi connectivity index (χ0v) is 16.8. The van der Waals surface area contributed by atoms with Crippen LogP contribution in [0.1, 0.15) is 47.1 Å². The van der Waals surface area contributed by atoms with Crippen LogP contribution in [0.2, 0.25) is 0 Å². The minimum Gasteiger partial charge on any atom is -0.310 e. The molecule has 1 fully saturated rings. The Hall–Kier alpha value is -2.93. The Kier molecular flexibility index (Phi) is 4.28. The van der Waals surface area contributed by atoms with E-state index in [0.717, 1.165) is 59.8 Å². The molecule has 1 saturated carbocycles. The molecule has 29 heavy (non-hydrogen) atoms.